The van der Waals surface area contributed by atoms with Crippen molar-refractivity contribution in [3.8, 4) is 0 Å². The fraction of sp³-hybridized carbons (Fsp3) is 0. The first kappa shape index (κ1) is 10.4. The first-order chi connectivity index (χ1) is 7.16. The molecular weight excluding hydrogens is 283 g/mol. The van der Waals surface area contributed by atoms with Gasteiger partial charge in [0, 0.05) is 10.6 Å². The lowest BCUT2D eigenvalue weighted by atomic mass is 10.3. The van der Waals surface area contributed by atoms with E-state index in [0.29, 0.717) is 15.3 Å². The molecule has 0 aliphatic carbocycles. The van der Waals surface area contributed by atoms with Crippen LogP contribution in [0.3, 0.4) is 0 Å². The molecule has 0 saturated carbocycles. The van der Waals surface area contributed by atoms with Crippen LogP contribution in [0.5, 0.6) is 0 Å². The smallest absolute Gasteiger partial charge is 0.188 e. The maximum atomic E-state index is 13.1. The van der Waals surface area contributed by atoms with Gasteiger partial charge in [0.15, 0.2) is 5.16 Å². The molecule has 0 fully saturated rings. The van der Waals surface area contributed by atoms with E-state index in [9.17, 15) is 4.39 Å². The van der Waals surface area contributed by atoms with Gasteiger partial charge in [0.25, 0.3) is 0 Å². The van der Waals surface area contributed by atoms with Crippen molar-refractivity contribution >= 4 is 33.4 Å². The van der Waals surface area contributed by atoms with Crippen LogP contribution in [0, 0.1) is 5.82 Å². The van der Waals surface area contributed by atoms with Gasteiger partial charge in [-0.05, 0) is 39.8 Å². The van der Waals surface area contributed by atoms with E-state index in [-0.39, 0.29) is 5.82 Å². The van der Waals surface area contributed by atoms with Gasteiger partial charge in [-0.2, -0.15) is 5.10 Å². The Hall–Kier alpha value is -1.08. The number of nitrogens with zero attached hydrogens (tertiary/aromatic N) is 2. The number of hydrogen-bond donors (Lipinski definition) is 2. The minimum absolute atomic E-state index is 0.372. The summed E-state index contributed by atoms with van der Waals surface area (Å²) in [6.07, 6.45) is 1.40. The summed E-state index contributed by atoms with van der Waals surface area (Å²) in [7, 11) is 0. The molecule has 0 atom stereocenters. The molecule has 15 heavy (non-hydrogen) atoms. The van der Waals surface area contributed by atoms with Crippen molar-refractivity contribution in [2.45, 2.75) is 10.1 Å². The van der Waals surface area contributed by atoms with Crippen LogP contribution in [0.15, 0.2) is 33.0 Å². The topological polar surface area (TPSA) is 67.6 Å². The molecule has 0 aliphatic rings. The van der Waals surface area contributed by atoms with Crippen molar-refractivity contribution < 1.29 is 4.39 Å². The Kier molecular flexibility index (Phi) is 2.92. The molecule has 2 aromatic rings. The maximum absolute atomic E-state index is 13.1. The Morgan fingerprint density at radius 1 is 1.47 bits per heavy atom. The minimum Gasteiger partial charge on any atom is -0.398 e. The zero-order valence-electron chi connectivity index (χ0n) is 7.37. The number of anilines is 1. The molecule has 0 amide bonds. The Labute approximate surface area is 97.6 Å². The molecule has 0 spiro atoms. The minimum atomic E-state index is -0.380. The molecule has 3 N–H and O–H groups in total. The summed E-state index contributed by atoms with van der Waals surface area (Å²) in [5, 5.41) is 7.00. The molecule has 0 aliphatic heterocycles. The highest BCUT2D eigenvalue weighted by atomic mass is 79.9. The maximum Gasteiger partial charge on any atom is 0.188 e. The van der Waals surface area contributed by atoms with Gasteiger partial charge >= 0.3 is 0 Å². The van der Waals surface area contributed by atoms with Crippen LogP contribution < -0.4 is 5.73 Å². The Morgan fingerprint density at radius 3 is 2.93 bits per heavy atom. The van der Waals surface area contributed by atoms with E-state index in [1.165, 1.54) is 24.2 Å². The van der Waals surface area contributed by atoms with Gasteiger partial charge in [-0.1, -0.05) is 0 Å². The van der Waals surface area contributed by atoms with Gasteiger partial charge in [0.2, 0.25) is 0 Å². The number of nitrogen functional groups attached to an aromatic ring is 1. The SMILES string of the molecule is Nc1cc(F)c(Br)cc1Sc1ncn[nH]1. The third-order valence-electron chi connectivity index (χ3n) is 1.65. The second-order valence-electron chi connectivity index (χ2n) is 2.70. The van der Waals surface area contributed by atoms with E-state index in [1.54, 1.807) is 6.07 Å². The van der Waals surface area contributed by atoms with E-state index in [0.717, 1.165) is 4.90 Å². The average molecular weight is 289 g/mol. The predicted molar refractivity (Wildman–Crippen MR) is 59.0 cm³/mol. The van der Waals surface area contributed by atoms with Gasteiger partial charge in [-0.15, -0.1) is 0 Å². The summed E-state index contributed by atoms with van der Waals surface area (Å²) in [5.74, 6) is -0.380. The number of hydrogen-bond acceptors (Lipinski definition) is 4. The van der Waals surface area contributed by atoms with Crippen molar-refractivity contribution in [2.24, 2.45) is 0 Å². The van der Waals surface area contributed by atoms with Crippen molar-refractivity contribution in [2.75, 3.05) is 5.73 Å². The summed E-state index contributed by atoms with van der Waals surface area (Å²) in [4.78, 5) is 4.66. The van der Waals surface area contributed by atoms with Crippen LogP contribution >= 0.6 is 27.7 Å². The Balaban J connectivity index is 2.33. The molecule has 78 valence electrons. The Morgan fingerprint density at radius 2 is 2.27 bits per heavy atom. The van der Waals surface area contributed by atoms with Crippen molar-refractivity contribution in [1.82, 2.24) is 15.2 Å². The number of nitrogens with one attached hydrogen (secondary N) is 1. The molecule has 0 unspecified atom stereocenters. The molecule has 0 saturated heterocycles. The van der Waals surface area contributed by atoms with Gasteiger partial charge in [-0.25, -0.2) is 9.37 Å². The summed E-state index contributed by atoms with van der Waals surface area (Å²) >= 11 is 4.39. The highest BCUT2D eigenvalue weighted by Gasteiger charge is 2.08. The van der Waals surface area contributed by atoms with Gasteiger partial charge in [-0.3, -0.25) is 5.10 Å². The average Bonchev–Trinajstić information content (AvgIpc) is 2.67. The number of halogens is 2. The summed E-state index contributed by atoms with van der Waals surface area (Å²) in [6.45, 7) is 0. The third-order valence-corrected chi connectivity index (χ3v) is 3.22. The highest BCUT2D eigenvalue weighted by molar-refractivity contribution is 9.10. The molecule has 1 aromatic heterocycles. The molecular formula is C8H6BrFN4S. The molecule has 7 heteroatoms. The van der Waals surface area contributed by atoms with Gasteiger partial charge in [0.1, 0.15) is 12.1 Å². The van der Waals surface area contributed by atoms with Gasteiger partial charge < -0.3 is 5.73 Å². The number of aromatic amines is 1. The van der Waals surface area contributed by atoms with Gasteiger partial charge in [0.05, 0.1) is 4.47 Å². The summed E-state index contributed by atoms with van der Waals surface area (Å²) in [6, 6.07) is 2.88. The van der Waals surface area contributed by atoms with Crippen LogP contribution in [0.2, 0.25) is 0 Å². The number of H-pyrrole nitrogens is 1. The largest absolute Gasteiger partial charge is 0.398 e. The van der Waals surface area contributed by atoms with E-state index in [1.807, 2.05) is 0 Å². The zero-order valence-corrected chi connectivity index (χ0v) is 9.77. The third kappa shape index (κ3) is 2.29. The zero-order chi connectivity index (χ0) is 10.8. The number of rotatable bonds is 2. The van der Waals surface area contributed by atoms with Crippen molar-refractivity contribution in [1.29, 1.82) is 0 Å². The normalized spacial score (nSPS) is 10.5. The quantitative estimate of drug-likeness (QED) is 0.833. The second kappa shape index (κ2) is 4.19. The van der Waals surface area contributed by atoms with Crippen molar-refractivity contribution in [3.05, 3.63) is 28.7 Å². The van der Waals surface area contributed by atoms with E-state index in [2.05, 4.69) is 31.1 Å². The first-order valence-electron chi connectivity index (χ1n) is 3.94. The molecule has 2 rings (SSSR count). The summed E-state index contributed by atoms with van der Waals surface area (Å²) in [5.41, 5.74) is 6.04. The first-order valence-corrected chi connectivity index (χ1v) is 5.55. The lowest BCUT2D eigenvalue weighted by Gasteiger charge is -2.04. The summed E-state index contributed by atoms with van der Waals surface area (Å²) < 4.78 is 13.4. The highest BCUT2D eigenvalue weighted by Crippen LogP contribution is 2.33. The second-order valence-corrected chi connectivity index (χ2v) is 4.58. The number of benzene rings is 1. The van der Waals surface area contributed by atoms with Crippen LogP contribution in [0.25, 0.3) is 0 Å². The van der Waals surface area contributed by atoms with E-state index < -0.39 is 0 Å². The molecule has 4 nitrogen and oxygen atoms in total. The lowest BCUT2D eigenvalue weighted by molar-refractivity contribution is 0.620. The van der Waals surface area contributed by atoms with Crippen LogP contribution in [-0.2, 0) is 0 Å². The number of aromatic nitrogens is 3. The predicted octanol–water partition coefficient (Wildman–Crippen LogP) is 2.44. The van der Waals surface area contributed by atoms with Crippen LogP contribution in [0.4, 0.5) is 10.1 Å². The molecule has 1 aromatic carbocycles. The monoisotopic (exact) mass is 288 g/mol. The standard InChI is InChI=1S/C8H6BrFN4S/c9-4-1-7(6(11)2-5(4)10)15-8-12-3-13-14-8/h1-3H,11H2,(H,12,13,14). The number of nitrogens with two attached hydrogens (primary N) is 1. The van der Waals surface area contributed by atoms with E-state index >= 15 is 0 Å². The molecule has 1 heterocycles. The molecule has 0 bridgehead atoms. The van der Waals surface area contributed by atoms with Crippen LogP contribution in [0.1, 0.15) is 0 Å². The van der Waals surface area contributed by atoms with E-state index in [4.69, 9.17) is 5.73 Å². The molecule has 0 radical (unpaired) electrons. The fourth-order valence-corrected chi connectivity index (χ4v) is 2.23. The lowest BCUT2D eigenvalue weighted by Crippen LogP contribution is -1.91. The van der Waals surface area contributed by atoms with Crippen LogP contribution in [-0.4, -0.2) is 15.2 Å². The fourth-order valence-electron chi connectivity index (χ4n) is 0.980. The Bertz CT molecular complexity index is 474. The van der Waals surface area contributed by atoms with Crippen molar-refractivity contribution in [3.63, 3.8) is 0 Å².